The van der Waals surface area contributed by atoms with Crippen LogP contribution in [0.15, 0.2) is 194 Å². The smallest absolute Gasteiger partial charge is 0.350 e. The molecule has 0 amide bonds. The van der Waals surface area contributed by atoms with E-state index in [9.17, 15) is 9.59 Å². The highest BCUT2D eigenvalue weighted by molar-refractivity contribution is 7.08. The van der Waals surface area contributed by atoms with Gasteiger partial charge in [-0.05, 0) is 31.1 Å². The number of carbonyl (C=O) groups excluding carboxylic acids is 2. The molecule has 6 aromatic carbocycles. The Kier molecular flexibility index (Phi) is 9.52. The van der Waals surface area contributed by atoms with Crippen LogP contribution in [0.5, 0.6) is 0 Å². The van der Waals surface area contributed by atoms with Gasteiger partial charge in [-0.25, -0.2) is 4.79 Å². The summed E-state index contributed by atoms with van der Waals surface area (Å²) < 4.78 is 13.3. The van der Waals surface area contributed by atoms with E-state index in [4.69, 9.17) is 8.85 Å². The molecular weight excluding hydrogens is 613 g/mol. The lowest BCUT2D eigenvalue weighted by molar-refractivity contribution is -0.137. The normalized spacial score (nSPS) is 11.3. The summed E-state index contributed by atoms with van der Waals surface area (Å²) in [7, 11) is -6.69. The van der Waals surface area contributed by atoms with Crippen LogP contribution >= 0.6 is 0 Å². The third kappa shape index (κ3) is 6.42. The van der Waals surface area contributed by atoms with Crippen LogP contribution in [0.1, 0.15) is 6.42 Å². The number of rotatable bonds is 11. The quantitative estimate of drug-likeness (QED) is 0.119. The molecule has 0 heterocycles. The fourth-order valence-corrected chi connectivity index (χ4v) is 13.6. The summed E-state index contributed by atoms with van der Waals surface area (Å²) >= 11 is 0. The van der Waals surface area contributed by atoms with Crippen molar-refractivity contribution >= 4 is 59.7 Å². The minimum atomic E-state index is -3.36. The summed E-state index contributed by atoms with van der Waals surface area (Å²) in [5.41, 5.74) is 0.0340. The summed E-state index contributed by atoms with van der Waals surface area (Å²) in [4.78, 5) is 28.1. The number of benzene rings is 6. The molecule has 0 spiro atoms. The van der Waals surface area contributed by atoms with Crippen molar-refractivity contribution in [3.63, 3.8) is 0 Å². The van der Waals surface area contributed by atoms with Gasteiger partial charge in [-0.1, -0.05) is 189 Å². The first-order valence-corrected chi connectivity index (χ1v) is 19.3. The topological polar surface area (TPSA) is 52.6 Å². The molecule has 0 unspecified atom stereocenters. The summed E-state index contributed by atoms with van der Waals surface area (Å²) in [6, 6.07) is 59.1. The average Bonchev–Trinajstić information content (AvgIpc) is 3.15. The van der Waals surface area contributed by atoms with Crippen LogP contribution in [0.2, 0.25) is 0 Å². The van der Waals surface area contributed by atoms with Gasteiger partial charge in [0, 0.05) is 5.57 Å². The standard InChI is InChI=1S/C41H34O4Si2/c1-33(41(43)45-47(37-26-14-5-15-27-37,38-28-16-6-17-29-38)39-30-18-7-19-31-39)32-40(42)44-46(34-20-8-2-9-21-34,35-22-10-3-11-23-35)36-24-12-4-13-25-36/h2-31H,1,32H2. The van der Waals surface area contributed by atoms with Crippen molar-refractivity contribution in [1.29, 1.82) is 0 Å². The van der Waals surface area contributed by atoms with Crippen molar-refractivity contribution in [2.24, 2.45) is 0 Å². The van der Waals surface area contributed by atoms with Crippen LogP contribution in [0.4, 0.5) is 0 Å². The number of hydrogen-bond acceptors (Lipinski definition) is 4. The zero-order valence-electron chi connectivity index (χ0n) is 25.9. The van der Waals surface area contributed by atoms with E-state index < -0.39 is 28.6 Å². The van der Waals surface area contributed by atoms with Gasteiger partial charge >= 0.3 is 22.6 Å². The zero-order chi connectivity index (χ0) is 32.5. The van der Waals surface area contributed by atoms with E-state index in [1.54, 1.807) is 0 Å². The maximum Gasteiger partial charge on any atom is 0.350 e. The predicted molar refractivity (Wildman–Crippen MR) is 194 cm³/mol. The lowest BCUT2D eigenvalue weighted by Crippen LogP contribution is -2.70. The molecule has 0 aliphatic heterocycles. The van der Waals surface area contributed by atoms with E-state index in [2.05, 4.69) is 6.58 Å². The van der Waals surface area contributed by atoms with Crippen molar-refractivity contribution in [1.82, 2.24) is 0 Å². The Morgan fingerprint density at radius 2 is 0.638 bits per heavy atom. The molecule has 0 radical (unpaired) electrons. The SMILES string of the molecule is C=C(CC(=O)O[Si](c1ccccc1)(c1ccccc1)c1ccccc1)C(=O)O[Si](c1ccccc1)(c1ccccc1)c1ccccc1. The molecule has 0 saturated heterocycles. The highest BCUT2D eigenvalue weighted by atomic mass is 28.4. The number of carbonyl (C=O) groups is 2. The van der Waals surface area contributed by atoms with E-state index in [1.807, 2.05) is 182 Å². The molecule has 0 aliphatic carbocycles. The lowest BCUT2D eigenvalue weighted by atomic mass is 10.2. The molecule has 0 aromatic heterocycles. The second-order valence-corrected chi connectivity index (χ2v) is 17.8. The van der Waals surface area contributed by atoms with Crippen molar-refractivity contribution in [2.75, 3.05) is 0 Å². The van der Waals surface area contributed by atoms with E-state index in [0.717, 1.165) is 31.1 Å². The molecule has 0 atom stereocenters. The highest BCUT2D eigenvalue weighted by Gasteiger charge is 2.47. The second kappa shape index (κ2) is 14.2. The van der Waals surface area contributed by atoms with E-state index in [0.29, 0.717) is 0 Å². The number of hydrogen-bond donors (Lipinski definition) is 0. The summed E-state index contributed by atoms with van der Waals surface area (Å²) in [5.74, 6) is -1.17. The summed E-state index contributed by atoms with van der Waals surface area (Å²) in [6.07, 6.45) is -0.317. The van der Waals surface area contributed by atoms with Gasteiger partial charge in [0.1, 0.15) is 0 Å². The Labute approximate surface area is 277 Å². The van der Waals surface area contributed by atoms with Gasteiger partial charge in [0.2, 0.25) is 0 Å². The zero-order valence-corrected chi connectivity index (χ0v) is 27.9. The van der Waals surface area contributed by atoms with Gasteiger partial charge in [0.25, 0.3) is 5.97 Å². The molecule has 6 aromatic rings. The van der Waals surface area contributed by atoms with Crippen LogP contribution in [-0.4, -0.2) is 28.6 Å². The molecule has 6 heteroatoms. The summed E-state index contributed by atoms with van der Waals surface area (Å²) in [5, 5.41) is 5.48. The van der Waals surface area contributed by atoms with Crippen molar-refractivity contribution in [3.05, 3.63) is 194 Å². The summed E-state index contributed by atoms with van der Waals surface area (Å²) in [6.45, 7) is 4.07. The molecule has 0 fully saturated rings. The van der Waals surface area contributed by atoms with Gasteiger partial charge in [0.05, 0.1) is 6.42 Å². The van der Waals surface area contributed by atoms with Gasteiger partial charge in [-0.3, -0.25) is 4.79 Å². The van der Waals surface area contributed by atoms with Crippen molar-refractivity contribution in [2.45, 2.75) is 6.42 Å². The molecule has 0 saturated carbocycles. The first kappa shape index (κ1) is 31.4. The average molecular weight is 647 g/mol. The molecule has 230 valence electrons. The third-order valence-corrected chi connectivity index (χ3v) is 16.1. The fourth-order valence-electron chi connectivity index (χ4n) is 6.06. The lowest BCUT2D eigenvalue weighted by Gasteiger charge is -2.33. The molecule has 0 aliphatic rings. The van der Waals surface area contributed by atoms with Crippen LogP contribution in [0, 0.1) is 0 Å². The van der Waals surface area contributed by atoms with Gasteiger partial charge in [-0.15, -0.1) is 0 Å². The Morgan fingerprint density at radius 3 is 0.894 bits per heavy atom. The van der Waals surface area contributed by atoms with E-state index >= 15 is 0 Å². The largest absolute Gasteiger partial charge is 0.505 e. The molecule has 0 bridgehead atoms. The molecular formula is C41H34O4Si2. The molecule has 0 N–H and O–H groups in total. The predicted octanol–water partition coefficient (Wildman–Crippen LogP) is 4.35. The van der Waals surface area contributed by atoms with Crippen molar-refractivity contribution < 1.29 is 18.4 Å². The first-order valence-electron chi connectivity index (χ1n) is 15.5. The molecule has 47 heavy (non-hydrogen) atoms. The second-order valence-electron chi connectivity index (χ2n) is 11.2. The van der Waals surface area contributed by atoms with Gasteiger partial charge < -0.3 is 8.85 Å². The Hall–Kier alpha value is -5.57. The Morgan fingerprint density at radius 1 is 0.404 bits per heavy atom. The maximum absolute atomic E-state index is 14.1. The minimum Gasteiger partial charge on any atom is -0.505 e. The van der Waals surface area contributed by atoms with E-state index in [-0.39, 0.29) is 12.0 Å². The van der Waals surface area contributed by atoms with Crippen molar-refractivity contribution in [3.8, 4) is 0 Å². The van der Waals surface area contributed by atoms with Crippen LogP contribution in [0.25, 0.3) is 0 Å². The van der Waals surface area contributed by atoms with Gasteiger partial charge in [-0.2, -0.15) is 0 Å². The third-order valence-electron chi connectivity index (χ3n) is 8.24. The Balaban J connectivity index is 1.36. The van der Waals surface area contributed by atoms with Crippen LogP contribution < -0.4 is 31.1 Å². The molecule has 4 nitrogen and oxygen atoms in total. The minimum absolute atomic E-state index is 0.0340. The molecule has 6 rings (SSSR count). The Bertz CT molecular complexity index is 1740. The van der Waals surface area contributed by atoms with E-state index in [1.165, 1.54) is 0 Å². The maximum atomic E-state index is 14.1. The van der Waals surface area contributed by atoms with Crippen LogP contribution in [-0.2, 0) is 18.4 Å². The monoisotopic (exact) mass is 646 g/mol. The van der Waals surface area contributed by atoms with Gasteiger partial charge in [0.15, 0.2) is 0 Å². The highest BCUT2D eigenvalue weighted by Crippen LogP contribution is 2.16. The first-order chi connectivity index (χ1) is 23.0. The van der Waals surface area contributed by atoms with Crippen LogP contribution in [0.3, 0.4) is 0 Å². The fraction of sp³-hybridized carbons (Fsp3) is 0.0244.